The normalized spacial score (nSPS) is 11.1. The SMILES string of the molecule is COc1ncc(-c2ccc(C(=O)NS(=O)(=O)c3ccccn3)c(Oc3ccc(C)cc3C)n2)cc1C. The van der Waals surface area contributed by atoms with E-state index in [9.17, 15) is 13.2 Å². The van der Waals surface area contributed by atoms with Gasteiger partial charge in [-0.1, -0.05) is 23.8 Å². The maximum Gasteiger partial charge on any atom is 0.281 e. The van der Waals surface area contributed by atoms with Crippen molar-refractivity contribution >= 4 is 15.9 Å². The van der Waals surface area contributed by atoms with Crippen LogP contribution in [0, 0.1) is 20.8 Å². The van der Waals surface area contributed by atoms with Crippen LogP contribution in [0.5, 0.6) is 17.5 Å². The van der Waals surface area contributed by atoms with Crippen molar-refractivity contribution in [1.29, 1.82) is 0 Å². The Morgan fingerprint density at radius 3 is 2.39 bits per heavy atom. The molecule has 4 aromatic rings. The Hall–Kier alpha value is -4.31. The average Bonchev–Trinajstić information content (AvgIpc) is 2.86. The predicted octanol–water partition coefficient (Wildman–Crippen LogP) is 4.38. The van der Waals surface area contributed by atoms with Gasteiger partial charge in [-0.15, -0.1) is 0 Å². The summed E-state index contributed by atoms with van der Waals surface area (Å²) in [4.78, 5) is 25.7. The number of aromatic nitrogens is 3. The first kappa shape index (κ1) is 24.8. The van der Waals surface area contributed by atoms with E-state index in [1.54, 1.807) is 24.4 Å². The molecule has 4 rings (SSSR count). The zero-order chi connectivity index (χ0) is 25.9. The van der Waals surface area contributed by atoms with Gasteiger partial charge in [-0.25, -0.2) is 19.7 Å². The molecule has 9 nitrogen and oxygen atoms in total. The number of nitrogens with one attached hydrogen (secondary N) is 1. The molecule has 3 aromatic heterocycles. The lowest BCUT2D eigenvalue weighted by Gasteiger charge is -2.14. The van der Waals surface area contributed by atoms with Crippen LogP contribution in [-0.4, -0.2) is 36.4 Å². The minimum atomic E-state index is -4.20. The topological polar surface area (TPSA) is 120 Å². The number of carbonyl (C=O) groups excluding carboxylic acids is 1. The monoisotopic (exact) mass is 504 g/mol. The van der Waals surface area contributed by atoms with Crippen molar-refractivity contribution in [3.63, 3.8) is 0 Å². The summed E-state index contributed by atoms with van der Waals surface area (Å²) in [7, 11) is -2.67. The number of nitrogens with zero attached hydrogens (tertiary/aromatic N) is 3. The second-order valence-electron chi connectivity index (χ2n) is 8.07. The molecule has 0 bridgehead atoms. The molecule has 0 saturated heterocycles. The summed E-state index contributed by atoms with van der Waals surface area (Å²) in [5.41, 5.74) is 3.77. The number of ether oxygens (including phenoxy) is 2. The van der Waals surface area contributed by atoms with E-state index in [2.05, 4.69) is 15.0 Å². The van der Waals surface area contributed by atoms with Gasteiger partial charge in [0, 0.05) is 23.5 Å². The van der Waals surface area contributed by atoms with Crippen LogP contribution < -0.4 is 14.2 Å². The van der Waals surface area contributed by atoms with E-state index in [0.29, 0.717) is 22.9 Å². The molecule has 0 aliphatic heterocycles. The molecule has 0 aliphatic carbocycles. The molecule has 36 heavy (non-hydrogen) atoms. The van der Waals surface area contributed by atoms with E-state index >= 15 is 0 Å². The number of aryl methyl sites for hydroxylation is 3. The summed E-state index contributed by atoms with van der Waals surface area (Å²) in [6, 6.07) is 14.9. The summed E-state index contributed by atoms with van der Waals surface area (Å²) in [6.45, 7) is 5.68. The number of hydrogen-bond acceptors (Lipinski definition) is 8. The number of benzene rings is 1. The zero-order valence-corrected chi connectivity index (χ0v) is 21.0. The molecule has 184 valence electrons. The largest absolute Gasteiger partial charge is 0.481 e. The summed E-state index contributed by atoms with van der Waals surface area (Å²) >= 11 is 0. The number of amides is 1. The first-order chi connectivity index (χ1) is 17.2. The van der Waals surface area contributed by atoms with Crippen LogP contribution >= 0.6 is 0 Å². The molecular formula is C26H24N4O5S. The molecule has 3 heterocycles. The standard InChI is InChI=1S/C26H24N4O5S/c1-16-8-11-22(17(2)13-16)35-26-20(24(31)30-36(32,33)23-7-5-6-12-27-23)9-10-21(29-26)19-14-18(3)25(34-4)28-15-19/h5-15H,1-4H3,(H,30,31). The van der Waals surface area contributed by atoms with Crippen LogP contribution in [0.15, 0.2) is 72.0 Å². The van der Waals surface area contributed by atoms with Crippen molar-refractivity contribution < 1.29 is 22.7 Å². The molecule has 0 fully saturated rings. The summed E-state index contributed by atoms with van der Waals surface area (Å²) in [5.74, 6) is 0.0160. The van der Waals surface area contributed by atoms with Gasteiger partial charge in [-0.2, -0.15) is 8.42 Å². The van der Waals surface area contributed by atoms with Crippen LogP contribution in [0.4, 0.5) is 0 Å². The Bertz CT molecular complexity index is 1540. The fourth-order valence-corrected chi connectivity index (χ4v) is 4.44. The lowest BCUT2D eigenvalue weighted by atomic mass is 10.1. The van der Waals surface area contributed by atoms with Crippen molar-refractivity contribution in [3.05, 3.63) is 89.2 Å². The number of pyridine rings is 3. The smallest absolute Gasteiger partial charge is 0.281 e. The van der Waals surface area contributed by atoms with Crippen LogP contribution in [0.3, 0.4) is 0 Å². The predicted molar refractivity (Wildman–Crippen MR) is 134 cm³/mol. The van der Waals surface area contributed by atoms with Crippen molar-refractivity contribution in [1.82, 2.24) is 19.7 Å². The Kier molecular flexibility index (Phi) is 6.98. The Morgan fingerprint density at radius 1 is 0.917 bits per heavy atom. The molecular weight excluding hydrogens is 480 g/mol. The summed E-state index contributed by atoms with van der Waals surface area (Å²) < 4.78 is 38.7. The molecule has 0 radical (unpaired) electrons. The number of rotatable bonds is 7. The van der Waals surface area contributed by atoms with Crippen molar-refractivity contribution in [3.8, 4) is 28.8 Å². The molecule has 0 unspecified atom stereocenters. The van der Waals surface area contributed by atoms with Gasteiger partial charge in [0.1, 0.15) is 11.3 Å². The van der Waals surface area contributed by atoms with E-state index in [1.807, 2.05) is 43.7 Å². The lowest BCUT2D eigenvalue weighted by Crippen LogP contribution is -2.31. The van der Waals surface area contributed by atoms with Crippen LogP contribution in [0.2, 0.25) is 0 Å². The van der Waals surface area contributed by atoms with E-state index in [-0.39, 0.29) is 16.5 Å². The molecule has 1 N–H and O–H groups in total. The summed E-state index contributed by atoms with van der Waals surface area (Å²) in [5, 5.41) is -0.278. The Balaban J connectivity index is 1.76. The maximum absolute atomic E-state index is 13.1. The van der Waals surface area contributed by atoms with E-state index in [0.717, 1.165) is 16.7 Å². The highest BCUT2D eigenvalue weighted by molar-refractivity contribution is 7.90. The fourth-order valence-electron chi connectivity index (χ4n) is 3.52. The first-order valence-electron chi connectivity index (χ1n) is 10.9. The molecule has 0 saturated carbocycles. The van der Waals surface area contributed by atoms with Gasteiger partial charge in [0.2, 0.25) is 11.8 Å². The van der Waals surface area contributed by atoms with Gasteiger partial charge in [0.25, 0.3) is 15.9 Å². The van der Waals surface area contributed by atoms with Crippen LogP contribution in [-0.2, 0) is 10.0 Å². The molecule has 1 amide bonds. The lowest BCUT2D eigenvalue weighted by molar-refractivity contribution is 0.0978. The van der Waals surface area contributed by atoms with Gasteiger partial charge in [-0.05, 0) is 62.7 Å². The Labute approximate surface area is 209 Å². The van der Waals surface area contributed by atoms with E-state index < -0.39 is 15.9 Å². The minimum Gasteiger partial charge on any atom is -0.481 e. The third-order valence-corrected chi connectivity index (χ3v) is 6.55. The fraction of sp³-hybridized carbons (Fsp3) is 0.154. The Morgan fingerprint density at radius 2 is 1.72 bits per heavy atom. The highest BCUT2D eigenvalue weighted by Gasteiger charge is 2.24. The quantitative estimate of drug-likeness (QED) is 0.394. The highest BCUT2D eigenvalue weighted by atomic mass is 32.2. The highest BCUT2D eigenvalue weighted by Crippen LogP contribution is 2.31. The van der Waals surface area contributed by atoms with E-state index in [1.165, 1.54) is 31.5 Å². The summed E-state index contributed by atoms with van der Waals surface area (Å²) in [6.07, 6.45) is 2.93. The zero-order valence-electron chi connectivity index (χ0n) is 20.1. The molecule has 10 heteroatoms. The minimum absolute atomic E-state index is 0.0540. The molecule has 1 aromatic carbocycles. The van der Waals surface area contributed by atoms with Crippen LogP contribution in [0.25, 0.3) is 11.3 Å². The number of hydrogen-bond donors (Lipinski definition) is 1. The van der Waals surface area contributed by atoms with Crippen molar-refractivity contribution in [2.75, 3.05) is 7.11 Å². The van der Waals surface area contributed by atoms with E-state index in [4.69, 9.17) is 9.47 Å². The van der Waals surface area contributed by atoms with Crippen molar-refractivity contribution in [2.24, 2.45) is 0 Å². The molecule has 0 atom stereocenters. The number of sulfonamides is 1. The second kappa shape index (κ2) is 10.1. The average molecular weight is 505 g/mol. The third kappa shape index (κ3) is 5.33. The van der Waals surface area contributed by atoms with Gasteiger partial charge >= 0.3 is 0 Å². The van der Waals surface area contributed by atoms with Gasteiger partial charge in [0.15, 0.2) is 5.03 Å². The molecule has 0 aliphatic rings. The van der Waals surface area contributed by atoms with Gasteiger partial charge in [-0.3, -0.25) is 4.79 Å². The van der Waals surface area contributed by atoms with Crippen molar-refractivity contribution in [2.45, 2.75) is 25.8 Å². The second-order valence-corrected chi connectivity index (χ2v) is 9.70. The first-order valence-corrected chi connectivity index (χ1v) is 12.4. The number of carbonyl (C=O) groups is 1. The maximum atomic E-state index is 13.1. The van der Waals surface area contributed by atoms with Gasteiger partial charge < -0.3 is 9.47 Å². The molecule has 0 spiro atoms. The number of methoxy groups -OCH3 is 1. The van der Waals surface area contributed by atoms with Crippen LogP contribution in [0.1, 0.15) is 27.0 Å². The van der Waals surface area contributed by atoms with Gasteiger partial charge in [0.05, 0.1) is 12.8 Å². The third-order valence-electron chi connectivity index (χ3n) is 5.30.